The van der Waals surface area contributed by atoms with Crippen LogP contribution in [0.15, 0.2) is 36.4 Å². The van der Waals surface area contributed by atoms with Gasteiger partial charge in [0.1, 0.15) is 0 Å². The first-order valence-electron chi connectivity index (χ1n) is 8.51. The zero-order valence-corrected chi connectivity index (χ0v) is 14.4. The lowest BCUT2D eigenvalue weighted by Crippen LogP contribution is -2.24. The quantitative estimate of drug-likeness (QED) is 0.704. The molecule has 0 radical (unpaired) electrons. The molecule has 0 saturated carbocycles. The van der Waals surface area contributed by atoms with Gasteiger partial charge in [-0.3, -0.25) is 0 Å². The van der Waals surface area contributed by atoms with E-state index in [4.69, 9.17) is 0 Å². The van der Waals surface area contributed by atoms with Crippen molar-refractivity contribution in [3.8, 4) is 0 Å². The lowest BCUT2D eigenvalue weighted by atomic mass is 10.0. The Labute approximate surface area is 145 Å². The number of hydrogen-bond acceptors (Lipinski definition) is 1. The van der Waals surface area contributed by atoms with Crippen LogP contribution in [0.5, 0.6) is 0 Å². The third-order valence-corrected chi connectivity index (χ3v) is 4.92. The Balaban J connectivity index is 1.89. The summed E-state index contributed by atoms with van der Waals surface area (Å²) in [4.78, 5) is 0. The van der Waals surface area contributed by atoms with Gasteiger partial charge in [0.05, 0.1) is 5.52 Å². The molecule has 2 nitrogen and oxygen atoms in total. The molecule has 4 rings (SSSR count). The second kappa shape index (κ2) is 6.12. The lowest BCUT2D eigenvalue weighted by Gasteiger charge is -2.16. The summed E-state index contributed by atoms with van der Waals surface area (Å²) in [5, 5.41) is 4.71. The van der Waals surface area contributed by atoms with Crippen LogP contribution in [0.2, 0.25) is 0 Å². The fourth-order valence-electron chi connectivity index (χ4n) is 3.60. The first-order valence-corrected chi connectivity index (χ1v) is 8.51. The van der Waals surface area contributed by atoms with Gasteiger partial charge in [-0.2, -0.15) is 0 Å². The zero-order chi connectivity index (χ0) is 17.6. The first kappa shape index (κ1) is 16.0. The fourth-order valence-corrected chi connectivity index (χ4v) is 3.60. The molecule has 1 N–H and O–H groups in total. The molecule has 0 spiro atoms. The lowest BCUT2D eigenvalue weighted by molar-refractivity contribution is 0.508. The Kier molecular flexibility index (Phi) is 3.92. The van der Waals surface area contributed by atoms with Gasteiger partial charge in [0, 0.05) is 23.8 Å². The maximum atomic E-state index is 13.6. The maximum Gasteiger partial charge on any atom is 0.159 e. The van der Waals surface area contributed by atoms with Crippen molar-refractivity contribution >= 4 is 22.7 Å². The number of nitrogens with one attached hydrogen (secondary N) is 1. The molecular formula is C21H20F2N2. The second-order valence-corrected chi connectivity index (χ2v) is 6.68. The molecular weight excluding hydrogens is 318 g/mol. The second-order valence-electron chi connectivity index (χ2n) is 6.68. The minimum Gasteiger partial charge on any atom is -0.318 e. The molecule has 4 heteroatoms. The van der Waals surface area contributed by atoms with Gasteiger partial charge in [-0.1, -0.05) is 17.7 Å². The van der Waals surface area contributed by atoms with Gasteiger partial charge in [0.2, 0.25) is 0 Å². The van der Waals surface area contributed by atoms with Crippen molar-refractivity contribution in [1.29, 1.82) is 0 Å². The Morgan fingerprint density at radius 3 is 2.76 bits per heavy atom. The summed E-state index contributed by atoms with van der Waals surface area (Å²) in [6.45, 7) is 5.82. The molecule has 1 aliphatic heterocycles. The Morgan fingerprint density at radius 2 is 1.96 bits per heavy atom. The summed E-state index contributed by atoms with van der Waals surface area (Å²) in [6.07, 6.45) is 3.02. The number of aryl methyl sites for hydroxylation is 1. The number of benzene rings is 2. The topological polar surface area (TPSA) is 17.0 Å². The average Bonchev–Trinajstić information content (AvgIpc) is 2.91. The van der Waals surface area contributed by atoms with E-state index in [0.717, 1.165) is 30.6 Å². The van der Waals surface area contributed by atoms with E-state index in [0.29, 0.717) is 5.56 Å². The number of fused-ring (bicyclic) bond motifs is 3. The minimum atomic E-state index is -0.819. The number of hydrogen-bond donors (Lipinski definition) is 1. The highest BCUT2D eigenvalue weighted by Crippen LogP contribution is 2.31. The van der Waals surface area contributed by atoms with Crippen LogP contribution in [0.4, 0.5) is 8.78 Å². The van der Waals surface area contributed by atoms with Crippen LogP contribution in [-0.4, -0.2) is 11.1 Å². The predicted molar refractivity (Wildman–Crippen MR) is 98.3 cm³/mol. The summed E-state index contributed by atoms with van der Waals surface area (Å²) in [5.74, 6) is -1.64. The number of rotatable bonds is 2. The number of aromatic nitrogens is 1. The molecule has 2 heterocycles. The minimum absolute atomic E-state index is 0.686. The standard InChI is InChI=1S/C21H20F2N2/c1-13-3-6-20-17(9-13)16-7-8-24-11-21(16)25(20)12-14(2)15-4-5-18(22)19(23)10-15/h3-6,9-10,12,24H,7-8,11H2,1-2H3. The van der Waals surface area contributed by atoms with Crippen LogP contribution in [0, 0.1) is 18.6 Å². The van der Waals surface area contributed by atoms with Crippen molar-refractivity contribution in [2.75, 3.05) is 6.54 Å². The Bertz CT molecular complexity index is 999. The van der Waals surface area contributed by atoms with Gasteiger partial charge >= 0.3 is 0 Å². The molecule has 0 bridgehead atoms. The molecule has 3 aromatic rings. The Hall–Kier alpha value is -2.46. The van der Waals surface area contributed by atoms with Crippen molar-refractivity contribution in [3.63, 3.8) is 0 Å². The summed E-state index contributed by atoms with van der Waals surface area (Å²) < 4.78 is 29.0. The average molecular weight is 338 g/mol. The van der Waals surface area contributed by atoms with Crippen LogP contribution in [0.3, 0.4) is 0 Å². The molecule has 0 aliphatic carbocycles. The van der Waals surface area contributed by atoms with E-state index in [1.807, 2.05) is 13.1 Å². The van der Waals surface area contributed by atoms with Crippen LogP contribution in [0.1, 0.15) is 29.3 Å². The van der Waals surface area contributed by atoms with E-state index in [2.05, 4.69) is 35.0 Å². The van der Waals surface area contributed by atoms with Gasteiger partial charge in [-0.05, 0) is 67.8 Å². The third-order valence-electron chi connectivity index (χ3n) is 4.92. The summed E-state index contributed by atoms with van der Waals surface area (Å²) >= 11 is 0. The van der Waals surface area contributed by atoms with Crippen LogP contribution < -0.4 is 5.32 Å². The smallest absolute Gasteiger partial charge is 0.159 e. The van der Waals surface area contributed by atoms with Crippen molar-refractivity contribution in [2.45, 2.75) is 26.8 Å². The zero-order valence-electron chi connectivity index (χ0n) is 14.4. The van der Waals surface area contributed by atoms with Gasteiger partial charge < -0.3 is 9.88 Å². The SMILES string of the molecule is CC(=Cn1c2c(c3cc(C)ccc31)CCNC2)c1ccc(F)c(F)c1. The van der Waals surface area contributed by atoms with E-state index < -0.39 is 11.6 Å². The maximum absolute atomic E-state index is 13.6. The Morgan fingerprint density at radius 1 is 1.12 bits per heavy atom. The number of nitrogens with zero attached hydrogens (tertiary/aromatic N) is 1. The van der Waals surface area contributed by atoms with Crippen molar-refractivity contribution in [3.05, 3.63) is 70.4 Å². The van der Waals surface area contributed by atoms with Gasteiger partial charge in [0.25, 0.3) is 0 Å². The predicted octanol–water partition coefficient (Wildman–Crippen LogP) is 4.89. The van der Waals surface area contributed by atoms with E-state index >= 15 is 0 Å². The molecule has 0 saturated heterocycles. The van der Waals surface area contributed by atoms with Crippen molar-refractivity contribution < 1.29 is 8.78 Å². The number of halogens is 2. The number of allylic oxidation sites excluding steroid dienone is 1. The fraction of sp³-hybridized carbons (Fsp3) is 0.238. The van der Waals surface area contributed by atoms with Crippen LogP contribution >= 0.6 is 0 Å². The molecule has 2 aromatic carbocycles. The van der Waals surface area contributed by atoms with Crippen molar-refractivity contribution in [2.24, 2.45) is 0 Å². The molecule has 0 atom stereocenters. The van der Waals surface area contributed by atoms with Gasteiger partial charge in [-0.15, -0.1) is 0 Å². The highest BCUT2D eigenvalue weighted by Gasteiger charge is 2.19. The summed E-state index contributed by atoms with van der Waals surface area (Å²) in [5.41, 5.74) is 6.60. The molecule has 0 amide bonds. The van der Waals surface area contributed by atoms with Crippen LogP contribution in [0.25, 0.3) is 22.7 Å². The van der Waals surface area contributed by atoms with E-state index in [1.165, 1.54) is 34.3 Å². The van der Waals surface area contributed by atoms with E-state index in [-0.39, 0.29) is 0 Å². The largest absolute Gasteiger partial charge is 0.318 e. The highest BCUT2D eigenvalue weighted by atomic mass is 19.2. The van der Waals surface area contributed by atoms with Crippen LogP contribution in [-0.2, 0) is 13.0 Å². The third kappa shape index (κ3) is 2.76. The monoisotopic (exact) mass is 338 g/mol. The van der Waals surface area contributed by atoms with Crippen molar-refractivity contribution in [1.82, 2.24) is 9.88 Å². The molecule has 0 fully saturated rings. The molecule has 0 unspecified atom stereocenters. The first-order chi connectivity index (χ1) is 12.0. The van der Waals surface area contributed by atoms with E-state index in [1.54, 1.807) is 6.07 Å². The summed E-state index contributed by atoms with van der Waals surface area (Å²) in [7, 11) is 0. The molecule has 1 aliphatic rings. The summed E-state index contributed by atoms with van der Waals surface area (Å²) in [6, 6.07) is 10.5. The molecule has 25 heavy (non-hydrogen) atoms. The van der Waals surface area contributed by atoms with E-state index in [9.17, 15) is 8.78 Å². The normalized spacial score (nSPS) is 14.8. The highest BCUT2D eigenvalue weighted by molar-refractivity contribution is 5.90. The van der Waals surface area contributed by atoms with Gasteiger partial charge in [0.15, 0.2) is 11.6 Å². The van der Waals surface area contributed by atoms with Gasteiger partial charge in [-0.25, -0.2) is 8.78 Å². The molecule has 1 aromatic heterocycles. The molecule has 128 valence electrons.